The summed E-state index contributed by atoms with van der Waals surface area (Å²) in [4.78, 5) is 27.7. The summed E-state index contributed by atoms with van der Waals surface area (Å²) in [5.74, 6) is 2.45. The van der Waals surface area contributed by atoms with Crippen molar-refractivity contribution in [2.24, 2.45) is 0 Å². The number of benzene rings is 1. The molecule has 2 amide bonds. The van der Waals surface area contributed by atoms with Crippen LogP contribution in [0, 0.1) is 0 Å². The summed E-state index contributed by atoms with van der Waals surface area (Å²) in [6, 6.07) is 9.31. The number of fused-ring (bicyclic) bond motifs is 1. The van der Waals surface area contributed by atoms with E-state index in [1.165, 1.54) is 18.3 Å². The van der Waals surface area contributed by atoms with Crippen LogP contribution in [0.25, 0.3) is 11.5 Å². The number of amides is 2. The van der Waals surface area contributed by atoms with Gasteiger partial charge in [0.1, 0.15) is 24.7 Å². The molecule has 3 heterocycles. The van der Waals surface area contributed by atoms with Crippen LogP contribution < -0.4 is 20.1 Å². The normalized spacial score (nSPS) is 12.4. The highest BCUT2D eigenvalue weighted by Crippen LogP contribution is 2.31. The maximum absolute atomic E-state index is 12.3. The first-order valence-electron chi connectivity index (χ1n) is 9.54. The van der Waals surface area contributed by atoms with Gasteiger partial charge in [-0.3, -0.25) is 9.59 Å². The van der Waals surface area contributed by atoms with Crippen molar-refractivity contribution in [3.8, 4) is 23.0 Å². The zero-order chi connectivity index (χ0) is 20.9. The summed E-state index contributed by atoms with van der Waals surface area (Å²) < 4.78 is 16.8. The SMILES string of the molecule is CC(=O)NCc1ccc(-c2csc(NC(=O)CCc3ccc4c(c3)OCCO4)n2)o1. The van der Waals surface area contributed by atoms with E-state index in [9.17, 15) is 9.59 Å². The van der Waals surface area contributed by atoms with Crippen LogP contribution in [0.3, 0.4) is 0 Å². The molecule has 1 aliphatic rings. The molecular weight excluding hydrogens is 406 g/mol. The Bertz CT molecular complexity index is 1060. The highest BCUT2D eigenvalue weighted by molar-refractivity contribution is 7.14. The molecule has 156 valence electrons. The molecule has 8 nitrogen and oxygen atoms in total. The fourth-order valence-electron chi connectivity index (χ4n) is 2.95. The largest absolute Gasteiger partial charge is 0.486 e. The Hall–Kier alpha value is -3.33. The maximum Gasteiger partial charge on any atom is 0.226 e. The van der Waals surface area contributed by atoms with Gasteiger partial charge in [-0.25, -0.2) is 4.98 Å². The summed E-state index contributed by atoms with van der Waals surface area (Å²) in [6.07, 6.45) is 0.918. The van der Waals surface area contributed by atoms with E-state index in [0.29, 0.717) is 54.9 Å². The number of hydrogen-bond donors (Lipinski definition) is 2. The first kappa shape index (κ1) is 20.0. The molecule has 0 saturated carbocycles. The Kier molecular flexibility index (Phi) is 5.99. The molecule has 1 aromatic carbocycles. The van der Waals surface area contributed by atoms with Gasteiger partial charge in [0, 0.05) is 18.7 Å². The van der Waals surface area contributed by atoms with E-state index in [1.54, 1.807) is 12.1 Å². The number of carbonyl (C=O) groups is 2. The van der Waals surface area contributed by atoms with Gasteiger partial charge in [0.25, 0.3) is 0 Å². The standard InChI is InChI=1S/C21H21N3O5S/c1-13(25)22-11-15-4-6-17(29-15)16-12-30-21(23-16)24-20(26)7-3-14-2-5-18-19(10-14)28-9-8-27-18/h2,4-6,10,12H,3,7-9,11H2,1H3,(H,22,25)(H,23,24,26). The molecule has 3 aromatic rings. The molecular formula is C21H21N3O5S. The van der Waals surface area contributed by atoms with Gasteiger partial charge in [0.15, 0.2) is 22.4 Å². The van der Waals surface area contributed by atoms with Gasteiger partial charge < -0.3 is 24.5 Å². The van der Waals surface area contributed by atoms with Gasteiger partial charge in [-0.1, -0.05) is 6.07 Å². The number of aryl methyl sites for hydroxylation is 1. The summed E-state index contributed by atoms with van der Waals surface area (Å²) in [5, 5.41) is 7.83. The minimum absolute atomic E-state index is 0.114. The lowest BCUT2D eigenvalue weighted by Gasteiger charge is -2.18. The second-order valence-corrected chi connectivity index (χ2v) is 7.60. The molecule has 0 unspecified atom stereocenters. The van der Waals surface area contributed by atoms with Gasteiger partial charge in [-0.2, -0.15) is 0 Å². The molecule has 1 aliphatic heterocycles. The Balaban J connectivity index is 1.30. The fourth-order valence-corrected chi connectivity index (χ4v) is 3.67. The highest BCUT2D eigenvalue weighted by atomic mass is 32.1. The molecule has 0 fully saturated rings. The van der Waals surface area contributed by atoms with Crippen LogP contribution in [0.4, 0.5) is 5.13 Å². The lowest BCUT2D eigenvalue weighted by molar-refractivity contribution is -0.119. The number of anilines is 1. The van der Waals surface area contributed by atoms with Crippen LogP contribution in [-0.4, -0.2) is 30.0 Å². The predicted molar refractivity (Wildman–Crippen MR) is 112 cm³/mol. The number of nitrogens with zero attached hydrogens (tertiary/aromatic N) is 1. The van der Waals surface area contributed by atoms with Gasteiger partial charge in [-0.05, 0) is 36.2 Å². The van der Waals surface area contributed by atoms with Crippen LogP contribution in [0.15, 0.2) is 40.1 Å². The first-order chi connectivity index (χ1) is 14.6. The number of thiazole rings is 1. The summed E-state index contributed by atoms with van der Waals surface area (Å²) in [6.45, 7) is 2.86. The molecule has 2 N–H and O–H groups in total. The topological polar surface area (TPSA) is 103 Å². The van der Waals surface area contributed by atoms with Crippen molar-refractivity contribution < 1.29 is 23.5 Å². The van der Waals surface area contributed by atoms with Crippen LogP contribution in [-0.2, 0) is 22.6 Å². The number of furan rings is 1. The van der Waals surface area contributed by atoms with E-state index in [0.717, 1.165) is 17.1 Å². The lowest BCUT2D eigenvalue weighted by Crippen LogP contribution is -2.18. The number of carbonyl (C=O) groups excluding carboxylic acids is 2. The molecule has 4 rings (SSSR count). The summed E-state index contributed by atoms with van der Waals surface area (Å²) in [7, 11) is 0. The molecule has 9 heteroatoms. The van der Waals surface area contributed by atoms with E-state index >= 15 is 0 Å². The van der Waals surface area contributed by atoms with Crippen molar-refractivity contribution in [3.05, 3.63) is 47.0 Å². The molecule has 0 atom stereocenters. The number of nitrogens with one attached hydrogen (secondary N) is 2. The third-order valence-electron chi connectivity index (χ3n) is 4.42. The fraction of sp³-hybridized carbons (Fsp3) is 0.286. The first-order valence-corrected chi connectivity index (χ1v) is 10.4. The molecule has 0 saturated heterocycles. The van der Waals surface area contributed by atoms with Crippen molar-refractivity contribution in [1.29, 1.82) is 0 Å². The molecule has 0 aliphatic carbocycles. The third kappa shape index (κ3) is 4.98. The minimum atomic E-state index is -0.122. The summed E-state index contributed by atoms with van der Waals surface area (Å²) >= 11 is 1.33. The maximum atomic E-state index is 12.3. The number of rotatable bonds is 7. The van der Waals surface area contributed by atoms with Crippen LogP contribution in [0.1, 0.15) is 24.7 Å². The lowest BCUT2D eigenvalue weighted by atomic mass is 10.1. The van der Waals surface area contributed by atoms with Crippen molar-refractivity contribution >= 4 is 28.3 Å². The molecule has 0 bridgehead atoms. The average molecular weight is 427 g/mol. The molecule has 2 aromatic heterocycles. The molecule has 0 radical (unpaired) electrons. The smallest absolute Gasteiger partial charge is 0.226 e. The van der Waals surface area contributed by atoms with E-state index in [-0.39, 0.29) is 11.8 Å². The Labute approximate surface area is 177 Å². The zero-order valence-corrected chi connectivity index (χ0v) is 17.2. The number of aromatic nitrogens is 1. The predicted octanol–water partition coefficient (Wildman–Crippen LogP) is 3.38. The van der Waals surface area contributed by atoms with Gasteiger partial charge in [-0.15, -0.1) is 11.3 Å². The van der Waals surface area contributed by atoms with Crippen molar-refractivity contribution in [2.75, 3.05) is 18.5 Å². The van der Waals surface area contributed by atoms with E-state index in [1.807, 2.05) is 23.6 Å². The highest BCUT2D eigenvalue weighted by Gasteiger charge is 2.14. The number of hydrogen-bond acceptors (Lipinski definition) is 7. The Morgan fingerprint density at radius 1 is 1.13 bits per heavy atom. The average Bonchev–Trinajstić information content (AvgIpc) is 3.40. The second-order valence-electron chi connectivity index (χ2n) is 6.74. The zero-order valence-electron chi connectivity index (χ0n) is 16.4. The van der Waals surface area contributed by atoms with E-state index < -0.39 is 0 Å². The van der Waals surface area contributed by atoms with Gasteiger partial charge in [0.2, 0.25) is 11.8 Å². The minimum Gasteiger partial charge on any atom is -0.486 e. The third-order valence-corrected chi connectivity index (χ3v) is 5.18. The molecule has 0 spiro atoms. The van der Waals surface area contributed by atoms with Crippen LogP contribution in [0.2, 0.25) is 0 Å². The Morgan fingerprint density at radius 3 is 2.80 bits per heavy atom. The number of ether oxygens (including phenoxy) is 2. The van der Waals surface area contributed by atoms with Crippen LogP contribution >= 0.6 is 11.3 Å². The quantitative estimate of drug-likeness (QED) is 0.599. The van der Waals surface area contributed by atoms with Gasteiger partial charge >= 0.3 is 0 Å². The van der Waals surface area contributed by atoms with Crippen LogP contribution in [0.5, 0.6) is 11.5 Å². The van der Waals surface area contributed by atoms with E-state index in [2.05, 4.69) is 15.6 Å². The van der Waals surface area contributed by atoms with Crippen molar-refractivity contribution in [1.82, 2.24) is 10.3 Å². The van der Waals surface area contributed by atoms with Crippen molar-refractivity contribution in [2.45, 2.75) is 26.3 Å². The molecule has 30 heavy (non-hydrogen) atoms. The summed E-state index contributed by atoms with van der Waals surface area (Å²) in [5.41, 5.74) is 1.65. The van der Waals surface area contributed by atoms with Crippen molar-refractivity contribution in [3.63, 3.8) is 0 Å². The Morgan fingerprint density at radius 2 is 1.97 bits per heavy atom. The van der Waals surface area contributed by atoms with E-state index in [4.69, 9.17) is 13.9 Å². The monoisotopic (exact) mass is 427 g/mol. The second kappa shape index (κ2) is 9.00. The van der Waals surface area contributed by atoms with Gasteiger partial charge in [0.05, 0.1) is 6.54 Å².